The SMILES string of the molecule is Cc1cc(C)c(C)c(-c2ccc3ccc(CC4(C(F)(F)F)CCCC4)cc3[n+]2C)c1. The van der Waals surface area contributed by atoms with E-state index in [-0.39, 0.29) is 19.3 Å². The zero-order valence-electron chi connectivity index (χ0n) is 18.2. The van der Waals surface area contributed by atoms with E-state index in [1.165, 1.54) is 22.3 Å². The van der Waals surface area contributed by atoms with Crippen LogP contribution in [0.4, 0.5) is 13.2 Å². The monoisotopic (exact) mass is 412 g/mol. The highest BCUT2D eigenvalue weighted by Gasteiger charge is 2.55. The van der Waals surface area contributed by atoms with Crippen molar-refractivity contribution in [3.05, 3.63) is 64.7 Å². The van der Waals surface area contributed by atoms with Crippen molar-refractivity contribution in [1.82, 2.24) is 0 Å². The Morgan fingerprint density at radius 2 is 1.60 bits per heavy atom. The van der Waals surface area contributed by atoms with Crippen molar-refractivity contribution in [1.29, 1.82) is 0 Å². The average Bonchev–Trinajstić information content (AvgIpc) is 3.15. The molecule has 4 heteroatoms. The van der Waals surface area contributed by atoms with Crippen molar-refractivity contribution >= 4 is 10.9 Å². The van der Waals surface area contributed by atoms with E-state index in [0.717, 1.165) is 22.2 Å². The van der Waals surface area contributed by atoms with E-state index in [2.05, 4.69) is 49.6 Å². The predicted octanol–water partition coefficient (Wildman–Crippen LogP) is 6.92. The molecule has 0 N–H and O–H groups in total. The van der Waals surface area contributed by atoms with Gasteiger partial charge in [-0.1, -0.05) is 30.5 Å². The normalized spacial score (nSPS) is 16.4. The lowest BCUT2D eigenvalue weighted by Gasteiger charge is -2.31. The number of aryl methyl sites for hydroxylation is 3. The minimum absolute atomic E-state index is 0.0687. The largest absolute Gasteiger partial charge is 0.394 e. The summed E-state index contributed by atoms with van der Waals surface area (Å²) in [5.74, 6) is 0. The molecule has 3 aromatic rings. The molecule has 0 amide bonds. The minimum Gasteiger partial charge on any atom is -0.194 e. The Balaban J connectivity index is 1.81. The van der Waals surface area contributed by atoms with Gasteiger partial charge >= 0.3 is 6.18 Å². The first kappa shape index (κ1) is 20.9. The fourth-order valence-electron chi connectivity index (χ4n) is 5.12. The molecular formula is C26H29F3N+. The molecule has 1 fully saturated rings. The third-order valence-corrected chi connectivity index (χ3v) is 7.03. The van der Waals surface area contributed by atoms with Gasteiger partial charge in [0, 0.05) is 23.1 Å². The summed E-state index contributed by atoms with van der Waals surface area (Å²) in [4.78, 5) is 0. The van der Waals surface area contributed by atoms with Crippen molar-refractivity contribution in [2.45, 2.75) is 59.1 Å². The number of nitrogens with zero attached hydrogens (tertiary/aromatic N) is 1. The first-order chi connectivity index (χ1) is 14.1. The fourth-order valence-corrected chi connectivity index (χ4v) is 5.12. The highest BCUT2D eigenvalue weighted by Crippen LogP contribution is 2.52. The standard InChI is InChI=1S/C26H29F3N/c1-17-13-18(2)19(3)22(14-17)23-10-9-21-8-7-20(15-24(21)30(23)4)16-25(26(27,28)29)11-5-6-12-25/h7-10,13-15H,5-6,11-12,16H2,1-4H3/q+1. The first-order valence-electron chi connectivity index (χ1n) is 10.7. The molecular weight excluding hydrogens is 383 g/mol. The molecule has 0 spiro atoms. The summed E-state index contributed by atoms with van der Waals surface area (Å²) < 4.78 is 43.8. The van der Waals surface area contributed by atoms with Gasteiger partial charge in [-0.2, -0.15) is 17.7 Å². The molecule has 0 unspecified atom stereocenters. The van der Waals surface area contributed by atoms with E-state index in [1.807, 2.05) is 25.2 Å². The molecule has 1 nitrogen and oxygen atoms in total. The van der Waals surface area contributed by atoms with Crippen molar-refractivity contribution in [2.75, 3.05) is 0 Å². The van der Waals surface area contributed by atoms with Gasteiger partial charge in [0.25, 0.3) is 0 Å². The average molecular weight is 413 g/mol. The van der Waals surface area contributed by atoms with Crippen LogP contribution in [-0.2, 0) is 13.5 Å². The van der Waals surface area contributed by atoms with Crippen LogP contribution in [0.1, 0.15) is 47.9 Å². The molecule has 1 heterocycles. The summed E-state index contributed by atoms with van der Waals surface area (Å²) in [6, 6.07) is 14.3. The molecule has 1 saturated carbocycles. The lowest BCUT2D eigenvalue weighted by molar-refractivity contribution is -0.633. The molecule has 158 valence electrons. The second kappa shape index (κ2) is 7.40. The van der Waals surface area contributed by atoms with Crippen molar-refractivity contribution < 1.29 is 17.7 Å². The number of alkyl halides is 3. The second-order valence-corrected chi connectivity index (χ2v) is 9.09. The van der Waals surface area contributed by atoms with Gasteiger partial charge in [-0.05, 0) is 74.9 Å². The van der Waals surface area contributed by atoms with Gasteiger partial charge in [0.2, 0.25) is 11.2 Å². The second-order valence-electron chi connectivity index (χ2n) is 9.09. The van der Waals surface area contributed by atoms with Gasteiger partial charge in [-0.3, -0.25) is 0 Å². The van der Waals surface area contributed by atoms with E-state index in [1.54, 1.807) is 0 Å². The fraction of sp³-hybridized carbons (Fsp3) is 0.423. The predicted molar refractivity (Wildman–Crippen MR) is 115 cm³/mol. The highest BCUT2D eigenvalue weighted by molar-refractivity contribution is 5.79. The van der Waals surface area contributed by atoms with Gasteiger partial charge in [0.1, 0.15) is 7.05 Å². The Morgan fingerprint density at radius 3 is 2.27 bits per heavy atom. The van der Waals surface area contributed by atoms with Crippen LogP contribution in [0.3, 0.4) is 0 Å². The Bertz CT molecular complexity index is 1110. The van der Waals surface area contributed by atoms with Crippen LogP contribution in [0, 0.1) is 26.2 Å². The number of benzene rings is 2. The molecule has 4 rings (SSSR count). The maximum Gasteiger partial charge on any atom is 0.394 e. The molecule has 1 aromatic heterocycles. The van der Waals surface area contributed by atoms with E-state index >= 15 is 0 Å². The number of halogens is 3. The molecule has 1 aliphatic rings. The molecule has 0 saturated heterocycles. The molecule has 1 aliphatic carbocycles. The van der Waals surface area contributed by atoms with Crippen LogP contribution in [0.25, 0.3) is 22.2 Å². The lowest BCUT2D eigenvalue weighted by atomic mass is 9.79. The number of aromatic nitrogens is 1. The van der Waals surface area contributed by atoms with Crippen LogP contribution in [0.5, 0.6) is 0 Å². The van der Waals surface area contributed by atoms with E-state index in [9.17, 15) is 13.2 Å². The maximum absolute atomic E-state index is 13.9. The molecule has 2 aromatic carbocycles. The Kier molecular flexibility index (Phi) is 5.16. The molecule has 0 atom stereocenters. The third kappa shape index (κ3) is 3.51. The van der Waals surface area contributed by atoms with Gasteiger partial charge in [-0.15, -0.1) is 0 Å². The van der Waals surface area contributed by atoms with E-state index < -0.39 is 11.6 Å². The van der Waals surface area contributed by atoms with Crippen LogP contribution < -0.4 is 4.57 Å². The molecule has 30 heavy (non-hydrogen) atoms. The van der Waals surface area contributed by atoms with E-state index in [0.29, 0.717) is 12.8 Å². The number of hydrogen-bond donors (Lipinski definition) is 0. The zero-order chi connectivity index (χ0) is 21.7. The number of pyridine rings is 1. The molecule has 0 radical (unpaired) electrons. The molecule has 0 aliphatic heterocycles. The highest BCUT2D eigenvalue weighted by atomic mass is 19.4. The molecule has 0 bridgehead atoms. The van der Waals surface area contributed by atoms with Crippen LogP contribution in [0.15, 0.2) is 42.5 Å². The van der Waals surface area contributed by atoms with Crippen molar-refractivity contribution in [3.8, 4) is 11.3 Å². The number of rotatable bonds is 3. The summed E-state index contributed by atoms with van der Waals surface area (Å²) in [5.41, 5.74) is 6.10. The minimum atomic E-state index is -4.15. The Morgan fingerprint density at radius 1 is 0.933 bits per heavy atom. The van der Waals surface area contributed by atoms with Gasteiger partial charge < -0.3 is 0 Å². The smallest absolute Gasteiger partial charge is 0.194 e. The van der Waals surface area contributed by atoms with Crippen LogP contribution in [-0.4, -0.2) is 6.18 Å². The summed E-state index contributed by atoms with van der Waals surface area (Å²) in [6.07, 6.45) is -2.28. The van der Waals surface area contributed by atoms with Gasteiger partial charge in [0.05, 0.1) is 5.41 Å². The summed E-state index contributed by atoms with van der Waals surface area (Å²) in [7, 11) is 2.01. The van der Waals surface area contributed by atoms with E-state index in [4.69, 9.17) is 0 Å². The van der Waals surface area contributed by atoms with Gasteiger partial charge in [-0.25, -0.2) is 0 Å². The summed E-state index contributed by atoms with van der Waals surface area (Å²) in [6.45, 7) is 6.33. The summed E-state index contributed by atoms with van der Waals surface area (Å²) in [5, 5.41) is 1.04. The summed E-state index contributed by atoms with van der Waals surface area (Å²) >= 11 is 0. The quantitative estimate of drug-likeness (QED) is 0.411. The van der Waals surface area contributed by atoms with Crippen molar-refractivity contribution in [2.24, 2.45) is 12.5 Å². The lowest BCUT2D eigenvalue weighted by Crippen LogP contribution is -2.37. The number of hydrogen-bond acceptors (Lipinski definition) is 0. The number of fused-ring (bicyclic) bond motifs is 1. The van der Waals surface area contributed by atoms with Crippen LogP contribution >= 0.6 is 0 Å². The van der Waals surface area contributed by atoms with Gasteiger partial charge in [0.15, 0.2) is 0 Å². The van der Waals surface area contributed by atoms with Crippen LogP contribution in [0.2, 0.25) is 0 Å². The first-order valence-corrected chi connectivity index (χ1v) is 10.7. The Hall–Kier alpha value is -2.36. The van der Waals surface area contributed by atoms with Crippen molar-refractivity contribution in [3.63, 3.8) is 0 Å². The topological polar surface area (TPSA) is 3.88 Å². The maximum atomic E-state index is 13.9. The Labute approximate surface area is 176 Å². The zero-order valence-corrected chi connectivity index (χ0v) is 18.2. The third-order valence-electron chi connectivity index (χ3n) is 7.03.